The average molecular weight is 542 g/mol. The number of cyclic esters (lactones) is 1. The molecule has 5 rings (SSSR count). The Kier molecular flexibility index (Phi) is 7.19. The number of fused-ring (bicyclic) bond motifs is 3. The Morgan fingerprint density at radius 3 is 2.78 bits per heavy atom. The fraction of sp³-hybridized carbons (Fsp3) is 0.692. The number of nitrogens with zero attached hydrogens (tertiary/aromatic N) is 3. The highest BCUT2D eigenvalue weighted by molar-refractivity contribution is 7.12. The molecule has 37 heavy (non-hydrogen) atoms. The second-order valence-corrected chi connectivity index (χ2v) is 12.3. The van der Waals surface area contributed by atoms with Crippen molar-refractivity contribution in [2.24, 2.45) is 5.41 Å². The molecule has 4 atom stereocenters. The zero-order valence-electron chi connectivity index (χ0n) is 21.4. The lowest BCUT2D eigenvalue weighted by molar-refractivity contribution is -0.147. The fourth-order valence-electron chi connectivity index (χ4n) is 6.02. The van der Waals surface area contributed by atoms with Gasteiger partial charge in [0.2, 0.25) is 0 Å². The molecule has 5 heterocycles. The van der Waals surface area contributed by atoms with E-state index >= 15 is 0 Å². The van der Waals surface area contributed by atoms with E-state index in [9.17, 15) is 23.1 Å². The van der Waals surface area contributed by atoms with Crippen LogP contribution in [0.4, 0.5) is 13.2 Å². The molecule has 7 nitrogen and oxygen atoms in total. The molecule has 1 N–H and O–H groups in total. The van der Waals surface area contributed by atoms with Crippen molar-refractivity contribution in [2.45, 2.75) is 96.5 Å². The number of alkyl halides is 3. The maximum Gasteiger partial charge on any atom is 0.425 e. The van der Waals surface area contributed by atoms with Gasteiger partial charge in [-0.25, -0.2) is 0 Å². The van der Waals surface area contributed by atoms with Crippen LogP contribution in [0.15, 0.2) is 12.4 Å². The van der Waals surface area contributed by atoms with Crippen LogP contribution in [0.25, 0.3) is 0 Å². The third kappa shape index (κ3) is 5.32. The number of rotatable bonds is 5. The van der Waals surface area contributed by atoms with Crippen LogP contribution in [0.1, 0.15) is 72.4 Å². The quantitative estimate of drug-likeness (QED) is 0.562. The van der Waals surface area contributed by atoms with Gasteiger partial charge in [-0.2, -0.15) is 18.3 Å². The number of aliphatic hydroxyl groups excluding tert-OH is 1. The molecule has 3 aliphatic heterocycles. The molecule has 11 heteroatoms. The van der Waals surface area contributed by atoms with E-state index in [1.165, 1.54) is 0 Å². The number of likely N-dealkylation sites (tertiary alicyclic amines) is 1. The Balaban J connectivity index is 1.29. The number of hydrogen-bond donors (Lipinski definition) is 1. The summed E-state index contributed by atoms with van der Waals surface area (Å²) in [6.45, 7) is 7.57. The van der Waals surface area contributed by atoms with Crippen molar-refractivity contribution in [1.82, 2.24) is 14.7 Å². The Morgan fingerprint density at radius 1 is 1.32 bits per heavy atom. The highest BCUT2D eigenvalue weighted by atomic mass is 32.1. The molecule has 204 valence electrons. The standard InChI is InChI=1S/C26H34F3N3O4S/c1-15-8-21-19(22-18(5-7-35-21)20(14-33)23(37-22)26(27,28)29)4-6-31(15)11-16-10-30-32(12-16)13-17-9-25(2,3)24(34)36-17/h10,12,15,17,19,21,33H,4-9,11,13-14H2,1-3H3/t15-,17?,19?,21-/m0/s1. The molecule has 2 aromatic rings. The van der Waals surface area contributed by atoms with Crippen molar-refractivity contribution >= 4 is 17.3 Å². The number of aromatic nitrogens is 2. The number of ether oxygens (including phenoxy) is 2. The van der Waals surface area contributed by atoms with Crippen LogP contribution in [0.3, 0.4) is 0 Å². The maximum atomic E-state index is 13.7. The van der Waals surface area contributed by atoms with Gasteiger partial charge in [-0.3, -0.25) is 14.4 Å². The molecule has 0 bridgehead atoms. The summed E-state index contributed by atoms with van der Waals surface area (Å²) in [5.41, 5.74) is 1.22. The van der Waals surface area contributed by atoms with E-state index < -0.39 is 23.1 Å². The van der Waals surface area contributed by atoms with Crippen LogP contribution in [-0.4, -0.2) is 57.2 Å². The van der Waals surface area contributed by atoms with Crippen molar-refractivity contribution < 1.29 is 32.5 Å². The first kappa shape index (κ1) is 26.6. The van der Waals surface area contributed by atoms with E-state index in [1.807, 2.05) is 30.9 Å². The Hall–Kier alpha value is -1.95. The van der Waals surface area contributed by atoms with Crippen LogP contribution in [0.5, 0.6) is 0 Å². The Bertz CT molecular complexity index is 1140. The van der Waals surface area contributed by atoms with E-state index in [0.717, 1.165) is 34.7 Å². The second-order valence-electron chi connectivity index (χ2n) is 11.2. The van der Waals surface area contributed by atoms with Gasteiger partial charge < -0.3 is 14.6 Å². The van der Waals surface area contributed by atoms with Gasteiger partial charge in [0.05, 0.1) is 37.5 Å². The van der Waals surface area contributed by atoms with E-state index in [1.54, 1.807) is 0 Å². The molecule has 2 aromatic heterocycles. The summed E-state index contributed by atoms with van der Waals surface area (Å²) in [4.78, 5) is 14.4. The molecule has 0 radical (unpaired) electrons. The summed E-state index contributed by atoms with van der Waals surface area (Å²) in [7, 11) is 0. The SMILES string of the molecule is C[C@H]1C[C@@H]2OCCc3c(sc(C(F)(F)F)c3CO)C2CCN1Cc1cnn(CC2CC(C)(C)C(=O)O2)c1. The van der Waals surface area contributed by atoms with Crippen LogP contribution >= 0.6 is 11.3 Å². The van der Waals surface area contributed by atoms with Crippen LogP contribution in [0, 0.1) is 5.41 Å². The monoisotopic (exact) mass is 541 g/mol. The van der Waals surface area contributed by atoms with Gasteiger partial charge in [0, 0.05) is 47.1 Å². The molecule has 0 aliphatic carbocycles. The zero-order valence-corrected chi connectivity index (χ0v) is 22.2. The predicted octanol–water partition coefficient (Wildman–Crippen LogP) is 4.51. The first-order chi connectivity index (χ1) is 17.5. The minimum absolute atomic E-state index is 0.0228. The Morgan fingerprint density at radius 2 is 2.11 bits per heavy atom. The molecule has 0 spiro atoms. The van der Waals surface area contributed by atoms with Gasteiger partial charge in [-0.05, 0) is 52.1 Å². The molecule has 2 saturated heterocycles. The van der Waals surface area contributed by atoms with Crippen molar-refractivity contribution in [3.8, 4) is 0 Å². The van der Waals surface area contributed by atoms with Gasteiger partial charge in [-0.15, -0.1) is 11.3 Å². The maximum absolute atomic E-state index is 13.7. The summed E-state index contributed by atoms with van der Waals surface area (Å²) < 4.78 is 54.6. The highest BCUT2D eigenvalue weighted by Gasteiger charge is 2.43. The largest absolute Gasteiger partial charge is 0.460 e. The fourth-order valence-corrected chi connectivity index (χ4v) is 7.43. The highest BCUT2D eigenvalue weighted by Crippen LogP contribution is 2.48. The van der Waals surface area contributed by atoms with Crippen molar-refractivity contribution in [3.63, 3.8) is 0 Å². The van der Waals surface area contributed by atoms with E-state index in [2.05, 4.69) is 16.9 Å². The Labute approximate surface area is 218 Å². The summed E-state index contributed by atoms with van der Waals surface area (Å²) in [6, 6.07) is 0.177. The van der Waals surface area contributed by atoms with Crippen LogP contribution in [0.2, 0.25) is 0 Å². The first-order valence-corrected chi connectivity index (χ1v) is 13.7. The molecular weight excluding hydrogens is 507 g/mol. The van der Waals surface area contributed by atoms with Crippen molar-refractivity contribution in [1.29, 1.82) is 0 Å². The number of esters is 1. The lowest BCUT2D eigenvalue weighted by Crippen LogP contribution is -2.33. The summed E-state index contributed by atoms with van der Waals surface area (Å²) >= 11 is 0.794. The van der Waals surface area contributed by atoms with Gasteiger partial charge in [0.15, 0.2) is 0 Å². The minimum Gasteiger partial charge on any atom is -0.460 e. The van der Waals surface area contributed by atoms with E-state index in [0.29, 0.717) is 44.5 Å². The van der Waals surface area contributed by atoms with Gasteiger partial charge in [0.25, 0.3) is 0 Å². The first-order valence-electron chi connectivity index (χ1n) is 12.9. The van der Waals surface area contributed by atoms with Crippen LogP contribution in [-0.2, 0) is 46.6 Å². The number of carbonyl (C=O) groups excluding carboxylic acids is 1. The molecule has 2 fully saturated rings. The second kappa shape index (κ2) is 9.98. The number of halogens is 3. The lowest BCUT2D eigenvalue weighted by Gasteiger charge is -2.27. The van der Waals surface area contributed by atoms with Crippen molar-refractivity contribution in [2.75, 3.05) is 13.2 Å². The lowest BCUT2D eigenvalue weighted by atomic mass is 9.90. The molecular formula is C26H34F3N3O4S. The topological polar surface area (TPSA) is 76.8 Å². The summed E-state index contributed by atoms with van der Waals surface area (Å²) in [6.07, 6.45) is 1.45. The summed E-state index contributed by atoms with van der Waals surface area (Å²) in [5, 5.41) is 14.2. The third-order valence-corrected chi connectivity index (χ3v) is 9.44. The van der Waals surface area contributed by atoms with Gasteiger partial charge in [0.1, 0.15) is 11.0 Å². The minimum atomic E-state index is -4.47. The van der Waals surface area contributed by atoms with Crippen molar-refractivity contribution in [3.05, 3.63) is 38.8 Å². The smallest absolute Gasteiger partial charge is 0.425 e. The number of thiophene rings is 1. The molecule has 2 unspecified atom stereocenters. The normalized spacial score (nSPS) is 28.4. The van der Waals surface area contributed by atoms with E-state index in [4.69, 9.17) is 9.47 Å². The molecule has 0 aromatic carbocycles. The summed E-state index contributed by atoms with van der Waals surface area (Å²) in [5.74, 6) is -0.301. The zero-order chi connectivity index (χ0) is 26.5. The van der Waals surface area contributed by atoms with E-state index in [-0.39, 0.29) is 35.7 Å². The van der Waals surface area contributed by atoms with Gasteiger partial charge >= 0.3 is 12.1 Å². The average Bonchev–Trinajstić information content (AvgIpc) is 3.41. The predicted molar refractivity (Wildman–Crippen MR) is 131 cm³/mol. The third-order valence-electron chi connectivity index (χ3n) is 7.98. The number of aliphatic hydroxyl groups is 1. The molecule has 0 amide bonds. The van der Waals surface area contributed by atoms with Crippen LogP contribution < -0.4 is 0 Å². The number of hydrogen-bond acceptors (Lipinski definition) is 7. The number of carbonyl (C=O) groups is 1. The molecule has 0 saturated carbocycles. The molecule has 3 aliphatic rings. The van der Waals surface area contributed by atoms with Gasteiger partial charge in [-0.1, -0.05) is 0 Å².